The highest BCUT2D eigenvalue weighted by Gasteiger charge is 2.29. The molecule has 2 rings (SSSR count). The van der Waals surface area contributed by atoms with Crippen LogP contribution in [0, 0.1) is 0 Å². The molecule has 1 heterocycles. The summed E-state index contributed by atoms with van der Waals surface area (Å²) >= 11 is 0. The van der Waals surface area contributed by atoms with E-state index in [4.69, 9.17) is 0 Å². The minimum absolute atomic E-state index is 0. The molecule has 3 heteroatoms. The van der Waals surface area contributed by atoms with Gasteiger partial charge in [0, 0.05) is 5.69 Å². The zero-order valence-electron chi connectivity index (χ0n) is 10.9. The van der Waals surface area contributed by atoms with E-state index in [1.54, 1.807) is 0 Å². The van der Waals surface area contributed by atoms with E-state index in [0.717, 1.165) is 0 Å². The standard InChI is InChI=1S/C14H23N2.BrH/c1-3-16(4-2)12-10-15(11-13-16)14-8-6-5-7-9-14;/h5-9H,3-4,10-13H2,1-2H3;1H/q+1;/p-1. The van der Waals surface area contributed by atoms with Crippen LogP contribution in [0.4, 0.5) is 5.69 Å². The second-order valence-corrected chi connectivity index (χ2v) is 4.74. The molecule has 0 amide bonds. The van der Waals surface area contributed by atoms with Gasteiger partial charge < -0.3 is 26.4 Å². The second-order valence-electron chi connectivity index (χ2n) is 4.74. The van der Waals surface area contributed by atoms with Gasteiger partial charge in [-0.3, -0.25) is 0 Å². The maximum absolute atomic E-state index is 2.52. The van der Waals surface area contributed by atoms with Crippen molar-refractivity contribution in [1.82, 2.24) is 0 Å². The lowest BCUT2D eigenvalue weighted by molar-refractivity contribution is -0.925. The summed E-state index contributed by atoms with van der Waals surface area (Å²) in [6.45, 7) is 12.2. The Hall–Kier alpha value is -0.540. The first-order chi connectivity index (χ1) is 7.79. The van der Waals surface area contributed by atoms with E-state index >= 15 is 0 Å². The first-order valence-electron chi connectivity index (χ1n) is 6.45. The molecule has 1 aliphatic heterocycles. The fourth-order valence-corrected chi connectivity index (χ4v) is 2.64. The molecule has 0 aromatic heterocycles. The third kappa shape index (κ3) is 3.23. The Kier molecular flexibility index (Phi) is 5.47. The third-order valence-electron chi connectivity index (χ3n) is 4.15. The number of halogens is 1. The van der Waals surface area contributed by atoms with E-state index in [9.17, 15) is 0 Å². The Balaban J connectivity index is 0.00000144. The molecule has 0 spiro atoms. The van der Waals surface area contributed by atoms with Gasteiger partial charge >= 0.3 is 0 Å². The van der Waals surface area contributed by atoms with Crippen LogP contribution in [0.5, 0.6) is 0 Å². The molecule has 0 unspecified atom stereocenters. The van der Waals surface area contributed by atoms with Crippen LogP contribution in [0.2, 0.25) is 0 Å². The van der Waals surface area contributed by atoms with Gasteiger partial charge in [0.25, 0.3) is 0 Å². The molecule has 0 aliphatic carbocycles. The van der Waals surface area contributed by atoms with Crippen LogP contribution >= 0.6 is 0 Å². The van der Waals surface area contributed by atoms with E-state index in [2.05, 4.69) is 49.1 Å². The number of benzene rings is 1. The van der Waals surface area contributed by atoms with Gasteiger partial charge in [-0.25, -0.2) is 0 Å². The molecule has 1 aromatic rings. The third-order valence-corrected chi connectivity index (χ3v) is 4.15. The van der Waals surface area contributed by atoms with E-state index in [1.807, 2.05) is 0 Å². The molecule has 1 aliphatic rings. The molecule has 1 fully saturated rings. The lowest BCUT2D eigenvalue weighted by Crippen LogP contribution is -3.00. The van der Waals surface area contributed by atoms with Gasteiger partial charge in [0.15, 0.2) is 0 Å². The highest BCUT2D eigenvalue weighted by molar-refractivity contribution is 5.46. The summed E-state index contributed by atoms with van der Waals surface area (Å²) in [6.07, 6.45) is 0. The number of likely N-dealkylation sites (N-methyl/N-ethyl adjacent to an activating group) is 1. The summed E-state index contributed by atoms with van der Waals surface area (Å²) in [6, 6.07) is 10.8. The van der Waals surface area contributed by atoms with Crippen molar-refractivity contribution in [2.24, 2.45) is 0 Å². The quantitative estimate of drug-likeness (QED) is 0.672. The van der Waals surface area contributed by atoms with Crippen molar-refractivity contribution in [2.75, 3.05) is 44.2 Å². The number of anilines is 1. The van der Waals surface area contributed by atoms with Crippen LogP contribution in [0.15, 0.2) is 30.3 Å². The zero-order valence-corrected chi connectivity index (χ0v) is 12.5. The Bertz CT molecular complexity index is 312. The molecule has 0 N–H and O–H groups in total. The summed E-state index contributed by atoms with van der Waals surface area (Å²) in [5.41, 5.74) is 1.38. The van der Waals surface area contributed by atoms with Crippen molar-refractivity contribution in [2.45, 2.75) is 13.8 Å². The summed E-state index contributed by atoms with van der Waals surface area (Å²) in [5.74, 6) is 0. The molecular weight excluding hydrogens is 276 g/mol. The summed E-state index contributed by atoms with van der Waals surface area (Å²) in [5, 5.41) is 0. The maximum atomic E-state index is 2.52. The fraction of sp³-hybridized carbons (Fsp3) is 0.571. The van der Waals surface area contributed by atoms with Crippen molar-refractivity contribution in [3.63, 3.8) is 0 Å². The Morgan fingerprint density at radius 3 is 2.00 bits per heavy atom. The van der Waals surface area contributed by atoms with Crippen molar-refractivity contribution < 1.29 is 21.5 Å². The highest BCUT2D eigenvalue weighted by Crippen LogP contribution is 2.19. The normalized spacial score (nSPS) is 18.6. The molecular formula is C14H23BrN2. The first-order valence-corrected chi connectivity index (χ1v) is 6.45. The molecule has 0 bridgehead atoms. The fourth-order valence-electron chi connectivity index (χ4n) is 2.64. The predicted molar refractivity (Wildman–Crippen MR) is 69.7 cm³/mol. The van der Waals surface area contributed by atoms with Crippen LogP contribution in [0.3, 0.4) is 0 Å². The van der Waals surface area contributed by atoms with Crippen LogP contribution in [-0.2, 0) is 0 Å². The SMILES string of the molecule is CC[N+]1(CC)CCN(c2ccccc2)CC1.[Br-]. The van der Waals surface area contributed by atoms with Crippen LogP contribution in [0.25, 0.3) is 0 Å². The highest BCUT2D eigenvalue weighted by atomic mass is 79.9. The van der Waals surface area contributed by atoms with Gasteiger partial charge in [0.2, 0.25) is 0 Å². The van der Waals surface area contributed by atoms with Crippen LogP contribution in [0.1, 0.15) is 13.8 Å². The Morgan fingerprint density at radius 1 is 1.00 bits per heavy atom. The predicted octanol–water partition coefficient (Wildman–Crippen LogP) is -0.633. The van der Waals surface area contributed by atoms with Crippen molar-refractivity contribution in [3.05, 3.63) is 30.3 Å². The number of rotatable bonds is 3. The van der Waals surface area contributed by atoms with Crippen LogP contribution < -0.4 is 21.9 Å². The molecule has 0 radical (unpaired) electrons. The average molecular weight is 299 g/mol. The van der Waals surface area contributed by atoms with E-state index in [1.165, 1.54) is 49.4 Å². The Morgan fingerprint density at radius 2 is 1.53 bits per heavy atom. The Labute approximate surface area is 116 Å². The number of para-hydroxylation sites is 1. The molecule has 0 atom stereocenters. The number of nitrogens with zero attached hydrogens (tertiary/aromatic N) is 2. The summed E-state index contributed by atoms with van der Waals surface area (Å²) < 4.78 is 1.29. The van der Waals surface area contributed by atoms with E-state index in [0.29, 0.717) is 0 Å². The van der Waals surface area contributed by atoms with Crippen molar-refractivity contribution in [3.8, 4) is 0 Å². The van der Waals surface area contributed by atoms with E-state index in [-0.39, 0.29) is 17.0 Å². The second kappa shape index (κ2) is 6.41. The largest absolute Gasteiger partial charge is 1.00 e. The first kappa shape index (κ1) is 14.5. The van der Waals surface area contributed by atoms with Gasteiger partial charge in [0.1, 0.15) is 0 Å². The zero-order chi connectivity index (χ0) is 11.4. The smallest absolute Gasteiger partial charge is 0.0965 e. The van der Waals surface area contributed by atoms with Gasteiger partial charge in [0.05, 0.1) is 39.3 Å². The molecule has 17 heavy (non-hydrogen) atoms. The molecule has 96 valence electrons. The van der Waals surface area contributed by atoms with Crippen LogP contribution in [-0.4, -0.2) is 43.8 Å². The number of quaternary nitrogens is 1. The molecule has 0 saturated carbocycles. The lowest BCUT2D eigenvalue weighted by Gasteiger charge is -2.44. The number of piperazine rings is 1. The van der Waals surface area contributed by atoms with Gasteiger partial charge in [-0.05, 0) is 26.0 Å². The topological polar surface area (TPSA) is 3.24 Å². The number of hydrogen-bond donors (Lipinski definition) is 0. The maximum Gasteiger partial charge on any atom is 0.0965 e. The molecule has 1 aromatic carbocycles. The minimum Gasteiger partial charge on any atom is -1.00 e. The number of hydrogen-bond acceptors (Lipinski definition) is 1. The minimum atomic E-state index is 0. The van der Waals surface area contributed by atoms with Gasteiger partial charge in [-0.15, -0.1) is 0 Å². The van der Waals surface area contributed by atoms with E-state index < -0.39 is 0 Å². The molecule has 2 nitrogen and oxygen atoms in total. The lowest BCUT2D eigenvalue weighted by atomic mass is 10.2. The monoisotopic (exact) mass is 298 g/mol. The van der Waals surface area contributed by atoms with Crippen molar-refractivity contribution in [1.29, 1.82) is 0 Å². The molecule has 1 saturated heterocycles. The van der Waals surface area contributed by atoms with Gasteiger partial charge in [-0.1, -0.05) is 18.2 Å². The van der Waals surface area contributed by atoms with Crippen molar-refractivity contribution >= 4 is 5.69 Å². The summed E-state index contributed by atoms with van der Waals surface area (Å²) in [4.78, 5) is 2.52. The van der Waals surface area contributed by atoms with Gasteiger partial charge in [-0.2, -0.15) is 0 Å². The summed E-state index contributed by atoms with van der Waals surface area (Å²) in [7, 11) is 0. The average Bonchev–Trinajstić information content (AvgIpc) is 2.40.